The second kappa shape index (κ2) is 9.31. The number of carbonyl (C=O) groups excluding carboxylic acids is 1. The van der Waals surface area contributed by atoms with Gasteiger partial charge in [-0.05, 0) is 63.8 Å². The van der Waals surface area contributed by atoms with Crippen LogP contribution < -0.4 is 5.32 Å². The zero-order valence-electron chi connectivity index (χ0n) is 14.5. The summed E-state index contributed by atoms with van der Waals surface area (Å²) in [4.78, 5) is 17.1. The van der Waals surface area contributed by atoms with E-state index in [9.17, 15) is 4.79 Å². The van der Waals surface area contributed by atoms with E-state index < -0.39 is 0 Å². The summed E-state index contributed by atoms with van der Waals surface area (Å²) >= 11 is 24.3. The Bertz CT molecular complexity index is 630. The third-order valence-corrected chi connectivity index (χ3v) is 6.74. The minimum Gasteiger partial charge on any atom is -0.322 e. The molecule has 2 heterocycles. The van der Waals surface area contributed by atoms with E-state index in [0.717, 1.165) is 31.8 Å². The van der Waals surface area contributed by atoms with Crippen molar-refractivity contribution in [3.05, 3.63) is 26.2 Å². The zero-order valence-corrected chi connectivity index (χ0v) is 17.6. The molecule has 4 nitrogen and oxygen atoms in total. The van der Waals surface area contributed by atoms with Crippen molar-refractivity contribution in [2.24, 2.45) is 5.92 Å². The summed E-state index contributed by atoms with van der Waals surface area (Å²) < 4.78 is 0. The van der Waals surface area contributed by atoms with Gasteiger partial charge < -0.3 is 10.2 Å². The lowest BCUT2D eigenvalue weighted by atomic mass is 9.96. The van der Waals surface area contributed by atoms with Gasteiger partial charge in [0.2, 0.25) is 5.91 Å². The molecule has 1 amide bonds. The Hall–Kier alpha value is -0.230. The van der Waals surface area contributed by atoms with Gasteiger partial charge in [0.1, 0.15) is 0 Å². The Morgan fingerprint density at radius 1 is 0.962 bits per heavy atom. The first-order chi connectivity index (χ1) is 12.4. The number of benzene rings is 1. The van der Waals surface area contributed by atoms with E-state index in [-0.39, 0.29) is 31.7 Å². The summed E-state index contributed by atoms with van der Waals surface area (Å²) in [5.74, 6) is 0.577. The minimum atomic E-state index is -0.162. The molecule has 1 aromatic carbocycles. The number of carbonyl (C=O) groups is 1. The molecular formula is C18H23Cl4N3O. The van der Waals surface area contributed by atoms with Crippen molar-refractivity contribution in [2.75, 3.05) is 44.6 Å². The molecule has 0 saturated carbocycles. The average molecular weight is 439 g/mol. The molecular weight excluding hydrogens is 416 g/mol. The summed E-state index contributed by atoms with van der Waals surface area (Å²) in [5, 5.41) is 3.70. The van der Waals surface area contributed by atoms with Crippen molar-refractivity contribution in [1.29, 1.82) is 0 Å². The third-order valence-electron chi connectivity index (χ3n) is 5.17. The first kappa shape index (κ1) is 20.5. The van der Waals surface area contributed by atoms with Crippen LogP contribution in [-0.4, -0.2) is 55.0 Å². The van der Waals surface area contributed by atoms with E-state index in [4.69, 9.17) is 46.4 Å². The van der Waals surface area contributed by atoms with E-state index in [2.05, 4.69) is 15.1 Å². The van der Waals surface area contributed by atoms with Crippen molar-refractivity contribution in [3.8, 4) is 0 Å². The topological polar surface area (TPSA) is 35.6 Å². The Labute approximate surface area is 174 Å². The molecule has 0 atom stereocenters. The highest BCUT2D eigenvalue weighted by molar-refractivity contribution is 6.50. The van der Waals surface area contributed by atoms with Crippen LogP contribution in [0.4, 0.5) is 5.69 Å². The maximum atomic E-state index is 12.4. The van der Waals surface area contributed by atoms with Gasteiger partial charge in [-0.15, -0.1) is 0 Å². The lowest BCUT2D eigenvalue weighted by Gasteiger charge is -2.33. The number of amides is 1. The molecule has 1 N–H and O–H groups in total. The predicted molar refractivity (Wildman–Crippen MR) is 110 cm³/mol. The number of hydrogen-bond donors (Lipinski definition) is 1. The molecule has 0 aliphatic carbocycles. The van der Waals surface area contributed by atoms with Crippen molar-refractivity contribution in [3.63, 3.8) is 0 Å². The highest BCUT2D eigenvalue weighted by Crippen LogP contribution is 2.41. The number of piperidine rings is 1. The van der Waals surface area contributed by atoms with Crippen molar-refractivity contribution in [2.45, 2.75) is 25.7 Å². The number of nitrogens with one attached hydrogen (secondary N) is 1. The number of likely N-dealkylation sites (tertiary alicyclic amines) is 2. The monoisotopic (exact) mass is 437 g/mol. The largest absolute Gasteiger partial charge is 0.322 e. The lowest BCUT2D eigenvalue weighted by molar-refractivity contribution is -0.117. The normalized spacial score (nSPS) is 19.8. The Kier molecular flexibility index (Phi) is 7.34. The third kappa shape index (κ3) is 5.18. The SMILES string of the molecule is O=C(CN1CCC(CN2CCCC2)CC1)Nc1c(Cl)c(Cl)cc(Cl)c1Cl. The molecule has 3 rings (SSSR count). The fourth-order valence-corrected chi connectivity index (χ4v) is 4.63. The number of anilines is 1. The Morgan fingerprint density at radius 2 is 1.54 bits per heavy atom. The van der Waals surface area contributed by atoms with Crippen LogP contribution in [0.15, 0.2) is 6.07 Å². The van der Waals surface area contributed by atoms with Crippen LogP contribution in [-0.2, 0) is 4.79 Å². The van der Waals surface area contributed by atoms with E-state index >= 15 is 0 Å². The number of halogens is 4. The molecule has 0 radical (unpaired) electrons. The van der Waals surface area contributed by atoms with Gasteiger partial charge in [0.15, 0.2) is 0 Å². The van der Waals surface area contributed by atoms with Gasteiger partial charge in [0.25, 0.3) is 0 Å². The molecule has 0 unspecified atom stereocenters. The number of nitrogens with zero attached hydrogens (tertiary/aromatic N) is 2. The summed E-state index contributed by atoms with van der Waals surface area (Å²) in [6.07, 6.45) is 4.93. The van der Waals surface area contributed by atoms with Crippen LogP contribution in [0.3, 0.4) is 0 Å². The smallest absolute Gasteiger partial charge is 0.238 e. The van der Waals surface area contributed by atoms with Crippen LogP contribution >= 0.6 is 46.4 Å². The fraction of sp³-hybridized carbons (Fsp3) is 0.611. The van der Waals surface area contributed by atoms with E-state index in [0.29, 0.717) is 6.54 Å². The summed E-state index contributed by atoms with van der Waals surface area (Å²) in [6.45, 7) is 5.87. The van der Waals surface area contributed by atoms with E-state index in [1.165, 1.54) is 38.5 Å². The van der Waals surface area contributed by atoms with Crippen molar-refractivity contribution < 1.29 is 4.79 Å². The average Bonchev–Trinajstić information content (AvgIpc) is 3.12. The molecule has 0 spiro atoms. The van der Waals surface area contributed by atoms with Gasteiger partial charge in [-0.25, -0.2) is 0 Å². The molecule has 144 valence electrons. The van der Waals surface area contributed by atoms with Gasteiger partial charge in [-0.1, -0.05) is 46.4 Å². The molecule has 2 aliphatic heterocycles. The second-order valence-electron chi connectivity index (χ2n) is 7.12. The van der Waals surface area contributed by atoms with Gasteiger partial charge in [0.05, 0.1) is 32.3 Å². The molecule has 26 heavy (non-hydrogen) atoms. The van der Waals surface area contributed by atoms with Crippen LogP contribution in [0.1, 0.15) is 25.7 Å². The first-order valence-corrected chi connectivity index (χ1v) is 10.5. The molecule has 2 aliphatic rings. The number of rotatable bonds is 5. The fourth-order valence-electron chi connectivity index (χ4n) is 3.72. The van der Waals surface area contributed by atoms with Gasteiger partial charge in [0, 0.05) is 6.54 Å². The standard InChI is InChI=1S/C18H23Cl4N3O/c19-13-9-14(20)17(22)18(16(13)21)23-15(26)11-25-7-3-12(4-8-25)10-24-5-1-2-6-24/h9,12H,1-8,10-11H2,(H,23,26). The highest BCUT2D eigenvalue weighted by atomic mass is 35.5. The number of hydrogen-bond acceptors (Lipinski definition) is 3. The maximum absolute atomic E-state index is 12.4. The summed E-state index contributed by atoms with van der Waals surface area (Å²) in [7, 11) is 0. The van der Waals surface area contributed by atoms with Gasteiger partial charge in [-0.3, -0.25) is 9.69 Å². The molecule has 0 aromatic heterocycles. The minimum absolute atomic E-state index is 0.162. The van der Waals surface area contributed by atoms with Gasteiger partial charge in [-0.2, -0.15) is 0 Å². The van der Waals surface area contributed by atoms with Gasteiger partial charge >= 0.3 is 0 Å². The highest BCUT2D eigenvalue weighted by Gasteiger charge is 2.24. The van der Waals surface area contributed by atoms with E-state index in [1.54, 1.807) is 0 Å². The van der Waals surface area contributed by atoms with Crippen molar-refractivity contribution in [1.82, 2.24) is 9.80 Å². The molecule has 2 fully saturated rings. The van der Waals surface area contributed by atoms with Crippen molar-refractivity contribution >= 4 is 58.0 Å². The summed E-state index contributed by atoms with van der Waals surface area (Å²) in [5.41, 5.74) is 0.278. The molecule has 2 saturated heterocycles. The summed E-state index contributed by atoms with van der Waals surface area (Å²) in [6, 6.07) is 1.47. The van der Waals surface area contributed by atoms with Crippen LogP contribution in [0, 0.1) is 5.92 Å². The molecule has 8 heteroatoms. The van der Waals surface area contributed by atoms with Crippen LogP contribution in [0.25, 0.3) is 0 Å². The van der Waals surface area contributed by atoms with Crippen LogP contribution in [0.2, 0.25) is 20.1 Å². The lowest BCUT2D eigenvalue weighted by Crippen LogP contribution is -2.41. The van der Waals surface area contributed by atoms with E-state index in [1.807, 2.05) is 0 Å². The Balaban J connectivity index is 1.49. The first-order valence-electron chi connectivity index (χ1n) is 9.01. The maximum Gasteiger partial charge on any atom is 0.238 e. The molecule has 1 aromatic rings. The second-order valence-corrected chi connectivity index (χ2v) is 8.69. The molecule has 0 bridgehead atoms. The van der Waals surface area contributed by atoms with Crippen LogP contribution in [0.5, 0.6) is 0 Å². The predicted octanol–water partition coefficient (Wildman–Crippen LogP) is 5.05. The quantitative estimate of drug-likeness (QED) is 0.653. The Morgan fingerprint density at radius 3 is 2.12 bits per heavy atom. The zero-order chi connectivity index (χ0) is 18.7.